The van der Waals surface area contributed by atoms with Crippen molar-refractivity contribution in [3.05, 3.63) is 58.0 Å². The minimum atomic E-state index is -0.424. The lowest BCUT2D eigenvalue weighted by atomic mass is 10.2. The van der Waals surface area contributed by atoms with Crippen molar-refractivity contribution in [2.75, 3.05) is 12.9 Å². The van der Waals surface area contributed by atoms with Crippen LogP contribution in [0.5, 0.6) is 0 Å². The molecule has 0 aliphatic carbocycles. The van der Waals surface area contributed by atoms with Gasteiger partial charge in [0.15, 0.2) is 0 Å². The molecule has 7 heteroatoms. The summed E-state index contributed by atoms with van der Waals surface area (Å²) in [6, 6.07) is 9.00. The van der Waals surface area contributed by atoms with Crippen LogP contribution in [0.1, 0.15) is 27.4 Å². The fourth-order valence-electron chi connectivity index (χ4n) is 2.07. The molecule has 24 heavy (non-hydrogen) atoms. The third-order valence-corrected chi connectivity index (χ3v) is 4.42. The number of furan rings is 1. The first kappa shape index (κ1) is 18.4. The molecule has 0 aliphatic heterocycles. The van der Waals surface area contributed by atoms with E-state index in [0.29, 0.717) is 40.2 Å². The van der Waals surface area contributed by atoms with Gasteiger partial charge in [0.2, 0.25) is 5.91 Å². The molecule has 1 N–H and O–H groups in total. The van der Waals surface area contributed by atoms with Crippen molar-refractivity contribution in [2.45, 2.75) is 19.2 Å². The largest absolute Gasteiger partial charge is 0.465 e. The number of benzene rings is 1. The van der Waals surface area contributed by atoms with Crippen LogP contribution in [0.3, 0.4) is 0 Å². The number of nitrogens with one attached hydrogen (secondary N) is 1. The molecular formula is C17H18ClNO4S. The number of hydrogen-bond donors (Lipinski definition) is 1. The van der Waals surface area contributed by atoms with Crippen molar-refractivity contribution >= 4 is 35.2 Å². The normalized spacial score (nSPS) is 10.5. The standard InChI is InChI=1S/C17H18ClNO4S/c1-11-15(17(21)22-2)7-14(23-11)9-24-10-16(20)19-8-12-4-3-5-13(18)6-12/h3-7H,8-10H2,1-2H3,(H,19,20). The summed E-state index contributed by atoms with van der Waals surface area (Å²) < 4.78 is 10.2. The summed E-state index contributed by atoms with van der Waals surface area (Å²) in [6.45, 7) is 2.14. The van der Waals surface area contributed by atoms with Gasteiger partial charge in [-0.15, -0.1) is 11.8 Å². The molecule has 0 saturated carbocycles. The highest BCUT2D eigenvalue weighted by molar-refractivity contribution is 7.99. The zero-order valence-corrected chi connectivity index (χ0v) is 15.0. The Bertz CT molecular complexity index is 729. The number of rotatable bonds is 7. The van der Waals surface area contributed by atoms with Crippen LogP contribution in [0.4, 0.5) is 0 Å². The molecule has 0 saturated heterocycles. The van der Waals surface area contributed by atoms with Crippen molar-refractivity contribution in [2.24, 2.45) is 0 Å². The molecule has 1 amide bonds. The van der Waals surface area contributed by atoms with Gasteiger partial charge in [0, 0.05) is 11.6 Å². The fraction of sp³-hybridized carbons (Fsp3) is 0.294. The molecule has 0 unspecified atom stereocenters. The maximum atomic E-state index is 11.8. The fourth-order valence-corrected chi connectivity index (χ4v) is 3.02. The van der Waals surface area contributed by atoms with E-state index in [1.54, 1.807) is 19.1 Å². The zero-order valence-electron chi connectivity index (χ0n) is 13.4. The summed E-state index contributed by atoms with van der Waals surface area (Å²) in [4.78, 5) is 23.4. The zero-order chi connectivity index (χ0) is 17.5. The number of hydrogen-bond acceptors (Lipinski definition) is 5. The highest BCUT2D eigenvalue weighted by atomic mass is 35.5. The lowest BCUT2D eigenvalue weighted by Crippen LogP contribution is -2.24. The van der Waals surface area contributed by atoms with Gasteiger partial charge in [-0.1, -0.05) is 23.7 Å². The Labute approximate surface area is 149 Å². The SMILES string of the molecule is COC(=O)c1cc(CSCC(=O)NCc2cccc(Cl)c2)oc1C. The van der Waals surface area contributed by atoms with Crippen molar-refractivity contribution in [3.8, 4) is 0 Å². The molecule has 1 aromatic carbocycles. The van der Waals surface area contributed by atoms with Crippen molar-refractivity contribution in [1.82, 2.24) is 5.32 Å². The van der Waals surface area contributed by atoms with Crippen LogP contribution in [0.15, 0.2) is 34.7 Å². The molecule has 1 heterocycles. The molecule has 128 valence electrons. The second-order valence-corrected chi connectivity index (χ2v) is 6.50. The van der Waals surface area contributed by atoms with Gasteiger partial charge < -0.3 is 14.5 Å². The molecule has 0 aliphatic rings. The lowest BCUT2D eigenvalue weighted by Gasteiger charge is -2.05. The minimum Gasteiger partial charge on any atom is -0.465 e. The number of ether oxygens (including phenoxy) is 1. The van der Waals surface area contributed by atoms with Crippen LogP contribution < -0.4 is 5.32 Å². The number of amides is 1. The van der Waals surface area contributed by atoms with Gasteiger partial charge in [0.25, 0.3) is 0 Å². The van der Waals surface area contributed by atoms with Gasteiger partial charge in [-0.25, -0.2) is 4.79 Å². The molecule has 0 bridgehead atoms. The third-order valence-electron chi connectivity index (χ3n) is 3.23. The summed E-state index contributed by atoms with van der Waals surface area (Å²) in [5.74, 6) is 1.46. The Balaban J connectivity index is 1.75. The summed E-state index contributed by atoms with van der Waals surface area (Å²) >= 11 is 7.31. The summed E-state index contributed by atoms with van der Waals surface area (Å²) in [7, 11) is 1.33. The van der Waals surface area contributed by atoms with E-state index in [1.807, 2.05) is 18.2 Å². The Kier molecular flexibility index (Phi) is 6.75. The van der Waals surface area contributed by atoms with Crippen LogP contribution in [-0.4, -0.2) is 24.7 Å². The van der Waals surface area contributed by atoms with E-state index >= 15 is 0 Å². The minimum absolute atomic E-state index is 0.0727. The van der Waals surface area contributed by atoms with E-state index in [2.05, 4.69) is 10.1 Å². The van der Waals surface area contributed by atoms with Crippen LogP contribution in [0.25, 0.3) is 0 Å². The third kappa shape index (κ3) is 5.32. The Morgan fingerprint density at radius 1 is 1.33 bits per heavy atom. The molecule has 5 nitrogen and oxygen atoms in total. The average molecular weight is 368 g/mol. The number of carbonyl (C=O) groups is 2. The van der Waals surface area contributed by atoms with Crippen molar-refractivity contribution in [1.29, 1.82) is 0 Å². The van der Waals surface area contributed by atoms with E-state index in [-0.39, 0.29) is 5.91 Å². The van der Waals surface area contributed by atoms with Gasteiger partial charge >= 0.3 is 5.97 Å². The second kappa shape index (κ2) is 8.80. The van der Waals surface area contributed by atoms with Crippen LogP contribution in [0.2, 0.25) is 5.02 Å². The molecule has 0 spiro atoms. The van der Waals surface area contributed by atoms with Gasteiger partial charge in [-0.2, -0.15) is 0 Å². The number of esters is 1. The topological polar surface area (TPSA) is 68.5 Å². The Hall–Kier alpha value is -1.92. The Morgan fingerprint density at radius 3 is 2.83 bits per heavy atom. The molecule has 2 aromatic rings. The summed E-state index contributed by atoms with van der Waals surface area (Å²) in [5.41, 5.74) is 1.36. The predicted octanol–water partition coefficient (Wildman–Crippen LogP) is 3.58. The smallest absolute Gasteiger partial charge is 0.341 e. The highest BCUT2D eigenvalue weighted by Gasteiger charge is 2.15. The predicted molar refractivity (Wildman–Crippen MR) is 94.2 cm³/mol. The first-order chi connectivity index (χ1) is 11.5. The van der Waals surface area contributed by atoms with E-state index < -0.39 is 5.97 Å². The monoisotopic (exact) mass is 367 g/mol. The van der Waals surface area contributed by atoms with Crippen molar-refractivity contribution in [3.63, 3.8) is 0 Å². The van der Waals surface area contributed by atoms with E-state index in [1.165, 1.54) is 18.9 Å². The van der Waals surface area contributed by atoms with E-state index in [4.69, 9.17) is 16.0 Å². The number of thioether (sulfide) groups is 1. The summed E-state index contributed by atoms with van der Waals surface area (Å²) in [5, 5.41) is 3.48. The van der Waals surface area contributed by atoms with Crippen LogP contribution in [-0.2, 0) is 21.8 Å². The second-order valence-electron chi connectivity index (χ2n) is 5.07. The lowest BCUT2D eigenvalue weighted by molar-refractivity contribution is -0.118. The first-order valence-electron chi connectivity index (χ1n) is 7.26. The number of aryl methyl sites for hydroxylation is 1. The van der Waals surface area contributed by atoms with Crippen molar-refractivity contribution < 1.29 is 18.7 Å². The van der Waals surface area contributed by atoms with E-state index in [0.717, 1.165) is 5.56 Å². The van der Waals surface area contributed by atoms with Gasteiger partial charge in [-0.3, -0.25) is 4.79 Å². The molecule has 2 rings (SSSR count). The average Bonchev–Trinajstić information content (AvgIpc) is 2.93. The quantitative estimate of drug-likeness (QED) is 0.757. The van der Waals surface area contributed by atoms with Crippen LogP contribution in [0, 0.1) is 6.92 Å². The molecular weight excluding hydrogens is 350 g/mol. The number of carbonyl (C=O) groups excluding carboxylic acids is 2. The first-order valence-corrected chi connectivity index (χ1v) is 8.79. The maximum absolute atomic E-state index is 11.8. The highest BCUT2D eigenvalue weighted by Crippen LogP contribution is 2.20. The molecule has 0 atom stereocenters. The molecule has 0 radical (unpaired) electrons. The number of halogens is 1. The van der Waals surface area contributed by atoms with Crippen LogP contribution >= 0.6 is 23.4 Å². The maximum Gasteiger partial charge on any atom is 0.341 e. The summed E-state index contributed by atoms with van der Waals surface area (Å²) in [6.07, 6.45) is 0. The Morgan fingerprint density at radius 2 is 2.12 bits per heavy atom. The van der Waals surface area contributed by atoms with Gasteiger partial charge in [-0.05, 0) is 30.7 Å². The van der Waals surface area contributed by atoms with Gasteiger partial charge in [0.1, 0.15) is 17.1 Å². The molecule has 0 fully saturated rings. The van der Waals surface area contributed by atoms with E-state index in [9.17, 15) is 9.59 Å². The van der Waals surface area contributed by atoms with Gasteiger partial charge in [0.05, 0.1) is 18.6 Å². The number of methoxy groups -OCH3 is 1. The molecule has 1 aromatic heterocycles.